The van der Waals surface area contributed by atoms with Crippen molar-refractivity contribution in [1.29, 1.82) is 0 Å². The van der Waals surface area contributed by atoms with E-state index >= 15 is 0 Å². The van der Waals surface area contributed by atoms with Crippen LogP contribution in [-0.2, 0) is 12.8 Å². The standard InChI is InChI=1S/C32H30FN3O2/c1-21(34-18-17-22-7-14-27(33)15-8-22)35-28-16-13-26-19-30(37)31(29(26)20-28)36-32(38)25-11-9-24(10-12-25)23-5-3-2-4-6-23/h2-16,20,30-31,37H,17-19H2,1H3,(H,34,35)(H,36,38)/t30-,31-/m1/s1. The highest BCUT2D eigenvalue weighted by molar-refractivity contribution is 5.95. The normalized spacial score (nSPS) is 16.7. The van der Waals surface area contributed by atoms with Crippen LogP contribution in [0.15, 0.2) is 102 Å². The molecule has 4 aromatic carbocycles. The Morgan fingerprint density at radius 1 is 0.947 bits per heavy atom. The molecular formula is C32H30FN3O2. The Labute approximate surface area is 222 Å². The molecule has 38 heavy (non-hydrogen) atoms. The molecule has 6 heteroatoms. The van der Waals surface area contributed by atoms with Gasteiger partial charge in [0.1, 0.15) is 5.82 Å². The minimum Gasteiger partial charge on any atom is -0.390 e. The molecule has 0 heterocycles. The molecule has 5 nitrogen and oxygen atoms in total. The van der Waals surface area contributed by atoms with Crippen LogP contribution in [0.25, 0.3) is 11.1 Å². The molecule has 4 aromatic rings. The van der Waals surface area contributed by atoms with Crippen molar-refractivity contribution in [2.24, 2.45) is 4.99 Å². The van der Waals surface area contributed by atoms with Crippen LogP contribution in [0.4, 0.5) is 10.1 Å². The number of rotatable bonds is 7. The topological polar surface area (TPSA) is 73.7 Å². The first-order chi connectivity index (χ1) is 18.5. The van der Waals surface area contributed by atoms with Crippen molar-refractivity contribution >= 4 is 17.4 Å². The number of nitrogens with one attached hydrogen (secondary N) is 2. The number of hydrogen-bond acceptors (Lipinski definition) is 3. The lowest BCUT2D eigenvalue weighted by molar-refractivity contribution is 0.0858. The number of aliphatic imine (C=N–C) groups is 1. The summed E-state index contributed by atoms with van der Waals surface area (Å²) in [5.41, 5.74) is 6.46. The Hall–Kier alpha value is -4.29. The third-order valence-corrected chi connectivity index (χ3v) is 6.82. The summed E-state index contributed by atoms with van der Waals surface area (Å²) in [6, 6.07) is 29.4. The van der Waals surface area contributed by atoms with Gasteiger partial charge in [-0.3, -0.25) is 9.79 Å². The average Bonchev–Trinajstić information content (AvgIpc) is 3.24. The van der Waals surface area contributed by atoms with E-state index in [4.69, 9.17) is 0 Å². The lowest BCUT2D eigenvalue weighted by Gasteiger charge is -2.19. The first kappa shape index (κ1) is 25.4. The maximum atomic E-state index is 13.1. The Morgan fingerprint density at radius 2 is 1.66 bits per heavy atom. The Kier molecular flexibility index (Phi) is 7.61. The van der Waals surface area contributed by atoms with Crippen molar-refractivity contribution in [2.45, 2.75) is 31.9 Å². The molecule has 2 atom stereocenters. The first-order valence-electron chi connectivity index (χ1n) is 12.8. The Morgan fingerprint density at radius 3 is 2.39 bits per heavy atom. The van der Waals surface area contributed by atoms with Crippen LogP contribution < -0.4 is 10.6 Å². The van der Waals surface area contributed by atoms with E-state index in [0.717, 1.165) is 45.8 Å². The van der Waals surface area contributed by atoms with Crippen LogP contribution >= 0.6 is 0 Å². The minimum absolute atomic E-state index is 0.224. The second-order valence-electron chi connectivity index (χ2n) is 9.55. The predicted octanol–water partition coefficient (Wildman–Crippen LogP) is 5.95. The molecule has 1 aliphatic carbocycles. The number of amidine groups is 1. The second-order valence-corrected chi connectivity index (χ2v) is 9.55. The highest BCUT2D eigenvalue weighted by atomic mass is 19.1. The fourth-order valence-electron chi connectivity index (χ4n) is 4.79. The van der Waals surface area contributed by atoms with Gasteiger partial charge in [0.2, 0.25) is 0 Å². The number of halogens is 1. The fourth-order valence-corrected chi connectivity index (χ4v) is 4.79. The van der Waals surface area contributed by atoms with Gasteiger partial charge in [-0.15, -0.1) is 0 Å². The van der Waals surface area contributed by atoms with Gasteiger partial charge in [-0.05, 0) is 77.6 Å². The van der Waals surface area contributed by atoms with Gasteiger partial charge >= 0.3 is 0 Å². The van der Waals surface area contributed by atoms with Gasteiger partial charge in [-0.2, -0.15) is 0 Å². The zero-order valence-electron chi connectivity index (χ0n) is 21.2. The molecule has 0 unspecified atom stereocenters. The molecule has 3 N–H and O–H groups in total. The van der Waals surface area contributed by atoms with Crippen molar-refractivity contribution in [2.75, 3.05) is 11.9 Å². The smallest absolute Gasteiger partial charge is 0.251 e. The summed E-state index contributed by atoms with van der Waals surface area (Å²) in [6.07, 6.45) is 0.507. The summed E-state index contributed by atoms with van der Waals surface area (Å²) in [7, 11) is 0. The van der Waals surface area contributed by atoms with Crippen LogP contribution in [-0.4, -0.2) is 29.5 Å². The summed E-state index contributed by atoms with van der Waals surface area (Å²) in [6.45, 7) is 2.47. The van der Waals surface area contributed by atoms with E-state index in [9.17, 15) is 14.3 Å². The molecule has 0 aromatic heterocycles. The van der Waals surface area contributed by atoms with Gasteiger partial charge in [0, 0.05) is 24.2 Å². The third-order valence-electron chi connectivity index (χ3n) is 6.82. The van der Waals surface area contributed by atoms with Crippen LogP contribution in [0, 0.1) is 5.82 Å². The third kappa shape index (κ3) is 5.98. The highest BCUT2D eigenvalue weighted by Gasteiger charge is 2.32. The minimum atomic E-state index is -0.696. The zero-order chi connectivity index (χ0) is 26.5. The number of carbonyl (C=O) groups excluding carboxylic acids is 1. The fraction of sp³-hybridized carbons (Fsp3) is 0.188. The number of fused-ring (bicyclic) bond motifs is 1. The molecule has 0 saturated heterocycles. The van der Waals surface area contributed by atoms with Gasteiger partial charge in [-0.1, -0.05) is 60.7 Å². The summed E-state index contributed by atoms with van der Waals surface area (Å²) in [4.78, 5) is 17.6. The molecule has 0 bridgehead atoms. The molecule has 192 valence electrons. The second kappa shape index (κ2) is 11.4. The maximum Gasteiger partial charge on any atom is 0.251 e. The zero-order valence-corrected chi connectivity index (χ0v) is 21.2. The van der Waals surface area contributed by atoms with Crippen molar-refractivity contribution < 1.29 is 14.3 Å². The van der Waals surface area contributed by atoms with Crippen molar-refractivity contribution in [3.63, 3.8) is 0 Å². The Balaban J connectivity index is 1.23. The number of benzene rings is 4. The number of amides is 1. The number of aliphatic hydroxyl groups excluding tert-OH is 1. The summed E-state index contributed by atoms with van der Waals surface area (Å²) in [5.74, 6) is 0.287. The van der Waals surface area contributed by atoms with E-state index in [-0.39, 0.29) is 11.7 Å². The lowest BCUT2D eigenvalue weighted by atomic mass is 10.0. The van der Waals surface area contributed by atoms with Crippen LogP contribution in [0.3, 0.4) is 0 Å². The maximum absolute atomic E-state index is 13.1. The average molecular weight is 508 g/mol. The van der Waals surface area contributed by atoms with E-state index < -0.39 is 12.1 Å². The van der Waals surface area contributed by atoms with E-state index in [1.807, 2.05) is 79.7 Å². The van der Waals surface area contributed by atoms with Crippen molar-refractivity contribution in [3.05, 3.63) is 125 Å². The SMILES string of the molecule is CC(=NCCc1ccc(F)cc1)Nc1ccc2c(c1)[C@@H](NC(=O)c1ccc(-c3ccccc3)cc1)[C@H](O)C2. The van der Waals surface area contributed by atoms with Gasteiger partial charge in [-0.25, -0.2) is 4.39 Å². The van der Waals surface area contributed by atoms with E-state index in [0.29, 0.717) is 18.5 Å². The summed E-state index contributed by atoms with van der Waals surface area (Å²) in [5, 5.41) is 17.1. The van der Waals surface area contributed by atoms with Crippen molar-refractivity contribution in [3.8, 4) is 11.1 Å². The summed E-state index contributed by atoms with van der Waals surface area (Å²) < 4.78 is 13.1. The molecule has 0 saturated carbocycles. The van der Waals surface area contributed by atoms with Gasteiger partial charge < -0.3 is 15.7 Å². The number of hydrogen-bond donors (Lipinski definition) is 3. The largest absolute Gasteiger partial charge is 0.390 e. The van der Waals surface area contributed by atoms with Crippen molar-refractivity contribution in [1.82, 2.24) is 5.32 Å². The number of nitrogens with zero attached hydrogens (tertiary/aromatic N) is 1. The van der Waals surface area contributed by atoms with Gasteiger partial charge in [0.15, 0.2) is 0 Å². The molecule has 5 rings (SSSR count). The first-order valence-corrected chi connectivity index (χ1v) is 12.8. The molecule has 0 fully saturated rings. The molecule has 1 aliphatic rings. The van der Waals surface area contributed by atoms with E-state index in [1.165, 1.54) is 12.1 Å². The molecule has 1 amide bonds. The summed E-state index contributed by atoms with van der Waals surface area (Å²) >= 11 is 0. The van der Waals surface area contributed by atoms with Crippen LogP contribution in [0.1, 0.15) is 40.0 Å². The van der Waals surface area contributed by atoms with E-state index in [2.05, 4.69) is 15.6 Å². The molecule has 0 spiro atoms. The molecule has 0 aliphatic heterocycles. The van der Waals surface area contributed by atoms with Gasteiger partial charge in [0.05, 0.1) is 18.0 Å². The van der Waals surface area contributed by atoms with E-state index in [1.54, 1.807) is 12.1 Å². The number of anilines is 1. The highest BCUT2D eigenvalue weighted by Crippen LogP contribution is 2.34. The Bertz CT molecular complexity index is 1430. The molecular weight excluding hydrogens is 477 g/mol. The predicted molar refractivity (Wildman–Crippen MR) is 150 cm³/mol. The lowest BCUT2D eigenvalue weighted by Crippen LogP contribution is -2.33. The monoisotopic (exact) mass is 507 g/mol. The van der Waals surface area contributed by atoms with Crippen LogP contribution in [0.5, 0.6) is 0 Å². The molecule has 0 radical (unpaired) electrons. The number of carbonyl (C=O) groups is 1. The quantitative estimate of drug-likeness (QED) is 0.214. The number of aliphatic hydroxyl groups is 1. The van der Waals surface area contributed by atoms with Gasteiger partial charge in [0.25, 0.3) is 5.91 Å². The van der Waals surface area contributed by atoms with Crippen LogP contribution in [0.2, 0.25) is 0 Å².